The van der Waals surface area contributed by atoms with Crippen molar-refractivity contribution in [2.75, 3.05) is 5.32 Å². The summed E-state index contributed by atoms with van der Waals surface area (Å²) in [4.78, 5) is 0. The molecule has 1 aromatic carbocycles. The molecular weight excluding hydrogens is 313 g/mol. The Hall–Kier alpha value is -2.05. The molecule has 0 aliphatic carbocycles. The number of aryl methyl sites for hydroxylation is 1. The van der Waals surface area contributed by atoms with Crippen molar-refractivity contribution >= 4 is 29.2 Å². The molecule has 3 rings (SSSR count). The second kappa shape index (κ2) is 5.75. The zero-order valence-electron chi connectivity index (χ0n) is 11.0. The molecule has 0 unspecified atom stereocenters. The third-order valence-corrected chi connectivity index (χ3v) is 3.45. The quantitative estimate of drug-likeness (QED) is 0.797. The lowest BCUT2D eigenvalue weighted by Gasteiger charge is -2.03. The molecule has 0 radical (unpaired) electrons. The monoisotopic (exact) mass is 323 g/mol. The second-order valence-corrected chi connectivity index (χ2v) is 5.21. The van der Waals surface area contributed by atoms with Crippen molar-refractivity contribution in [3.05, 3.63) is 46.1 Å². The summed E-state index contributed by atoms with van der Waals surface area (Å²) in [6.07, 6.45) is 0. The highest BCUT2D eigenvalue weighted by molar-refractivity contribution is 6.36. The lowest BCUT2D eigenvalue weighted by atomic mass is 10.2. The van der Waals surface area contributed by atoms with Crippen LogP contribution >= 0.6 is 23.2 Å². The van der Waals surface area contributed by atoms with Crippen LogP contribution in [0.4, 0.5) is 5.95 Å². The molecule has 0 saturated heterocycles. The van der Waals surface area contributed by atoms with E-state index in [0.29, 0.717) is 28.3 Å². The number of benzene rings is 1. The Morgan fingerprint density at radius 1 is 1.24 bits per heavy atom. The summed E-state index contributed by atoms with van der Waals surface area (Å²) in [7, 11) is 1.75. The van der Waals surface area contributed by atoms with Crippen LogP contribution < -0.4 is 5.32 Å². The van der Waals surface area contributed by atoms with Crippen LogP contribution in [0.25, 0.3) is 11.3 Å². The Kier molecular flexibility index (Phi) is 3.81. The van der Waals surface area contributed by atoms with E-state index in [1.807, 2.05) is 18.2 Å². The molecule has 0 spiro atoms. The van der Waals surface area contributed by atoms with Gasteiger partial charge >= 0.3 is 0 Å². The van der Waals surface area contributed by atoms with Crippen molar-refractivity contribution in [3.8, 4) is 11.3 Å². The fourth-order valence-corrected chi connectivity index (χ4v) is 2.35. The number of nitrogens with one attached hydrogen (secondary N) is 1. The molecular formula is C13H11Cl2N5O. The third-order valence-electron chi connectivity index (χ3n) is 2.90. The van der Waals surface area contributed by atoms with E-state index >= 15 is 0 Å². The summed E-state index contributed by atoms with van der Waals surface area (Å²) in [6.45, 7) is 0.472. The van der Waals surface area contributed by atoms with E-state index in [1.54, 1.807) is 23.9 Å². The van der Waals surface area contributed by atoms with Crippen LogP contribution in [0.3, 0.4) is 0 Å². The van der Waals surface area contributed by atoms with Crippen molar-refractivity contribution in [1.29, 1.82) is 0 Å². The molecule has 0 aliphatic heterocycles. The Morgan fingerprint density at radius 3 is 2.81 bits per heavy atom. The van der Waals surface area contributed by atoms with Crippen molar-refractivity contribution in [2.24, 2.45) is 7.05 Å². The first kappa shape index (κ1) is 13.9. The number of hydrogen-bond donors (Lipinski definition) is 1. The van der Waals surface area contributed by atoms with Crippen LogP contribution in [-0.2, 0) is 13.6 Å². The number of hydrogen-bond acceptors (Lipinski definition) is 5. The molecule has 0 fully saturated rings. The molecule has 0 aliphatic rings. The normalized spacial score (nSPS) is 10.8. The Morgan fingerprint density at radius 2 is 2.10 bits per heavy atom. The lowest BCUT2D eigenvalue weighted by molar-refractivity contribution is 0.530. The standard InChI is InChI=1S/C13H11Cl2N5O/c1-20-13(17-18-19-20)16-7-9-3-5-12(21-9)10-4-2-8(14)6-11(10)15/h2-6H,7H2,1H3,(H,16,17,19). The zero-order valence-corrected chi connectivity index (χ0v) is 12.6. The van der Waals surface area contributed by atoms with Gasteiger partial charge in [-0.15, -0.1) is 0 Å². The molecule has 6 nitrogen and oxygen atoms in total. The first-order valence-electron chi connectivity index (χ1n) is 6.14. The van der Waals surface area contributed by atoms with Crippen LogP contribution in [0.15, 0.2) is 34.7 Å². The average Bonchev–Trinajstić information content (AvgIpc) is 3.05. The fourth-order valence-electron chi connectivity index (χ4n) is 1.85. The maximum atomic E-state index is 6.16. The molecule has 0 atom stereocenters. The van der Waals surface area contributed by atoms with Crippen molar-refractivity contribution in [2.45, 2.75) is 6.54 Å². The molecule has 0 amide bonds. The van der Waals surface area contributed by atoms with Crippen LogP contribution in [0.2, 0.25) is 10.0 Å². The minimum atomic E-state index is 0.472. The number of furan rings is 1. The number of nitrogens with zero attached hydrogens (tertiary/aromatic N) is 4. The largest absolute Gasteiger partial charge is 0.459 e. The second-order valence-electron chi connectivity index (χ2n) is 4.37. The molecule has 108 valence electrons. The summed E-state index contributed by atoms with van der Waals surface area (Å²) in [5, 5.41) is 15.3. The predicted octanol–water partition coefficient (Wildman–Crippen LogP) is 3.39. The van der Waals surface area contributed by atoms with Crippen LogP contribution in [0.1, 0.15) is 5.76 Å². The summed E-state index contributed by atoms with van der Waals surface area (Å²) < 4.78 is 7.30. The third kappa shape index (κ3) is 3.01. The predicted molar refractivity (Wildman–Crippen MR) is 80.3 cm³/mol. The smallest absolute Gasteiger partial charge is 0.243 e. The van der Waals surface area contributed by atoms with Crippen molar-refractivity contribution in [1.82, 2.24) is 20.2 Å². The van der Waals surface area contributed by atoms with Crippen LogP contribution in [0, 0.1) is 0 Å². The minimum Gasteiger partial charge on any atom is -0.459 e. The van der Waals surface area contributed by atoms with Crippen molar-refractivity contribution < 1.29 is 4.42 Å². The van der Waals surface area contributed by atoms with E-state index in [9.17, 15) is 0 Å². The van der Waals surface area contributed by atoms with E-state index in [2.05, 4.69) is 20.8 Å². The van der Waals surface area contributed by atoms with Gasteiger partial charge in [0.2, 0.25) is 5.95 Å². The van der Waals surface area contributed by atoms with E-state index in [4.69, 9.17) is 27.6 Å². The highest BCUT2D eigenvalue weighted by Crippen LogP contribution is 2.31. The molecule has 8 heteroatoms. The Balaban J connectivity index is 1.75. The molecule has 21 heavy (non-hydrogen) atoms. The van der Waals surface area contributed by atoms with Gasteiger partial charge in [0.05, 0.1) is 11.6 Å². The van der Waals surface area contributed by atoms with Gasteiger partial charge in [-0.2, -0.15) is 0 Å². The first-order chi connectivity index (χ1) is 10.1. The van der Waals surface area contributed by atoms with Gasteiger partial charge < -0.3 is 9.73 Å². The highest BCUT2D eigenvalue weighted by Gasteiger charge is 2.10. The number of aromatic nitrogens is 4. The summed E-state index contributed by atoms with van der Waals surface area (Å²) in [6, 6.07) is 9.02. The summed E-state index contributed by atoms with van der Waals surface area (Å²) in [5.74, 6) is 2.00. The lowest BCUT2D eigenvalue weighted by Crippen LogP contribution is -2.04. The van der Waals surface area contributed by atoms with Crippen molar-refractivity contribution in [3.63, 3.8) is 0 Å². The Bertz CT molecular complexity index is 768. The van der Waals surface area contributed by atoms with E-state index in [0.717, 1.165) is 11.3 Å². The van der Waals surface area contributed by atoms with Gasteiger partial charge in [-0.3, -0.25) is 0 Å². The maximum Gasteiger partial charge on any atom is 0.243 e. The number of tetrazole rings is 1. The molecule has 3 aromatic rings. The maximum absolute atomic E-state index is 6.16. The Labute approximate surface area is 130 Å². The van der Waals surface area contributed by atoms with Gasteiger partial charge in [0, 0.05) is 17.6 Å². The average molecular weight is 324 g/mol. The molecule has 2 aromatic heterocycles. The van der Waals surface area contributed by atoms with Crippen LogP contribution in [0.5, 0.6) is 0 Å². The molecule has 0 bridgehead atoms. The van der Waals surface area contributed by atoms with Crippen LogP contribution in [-0.4, -0.2) is 20.2 Å². The van der Waals surface area contributed by atoms with Gasteiger partial charge in [0.25, 0.3) is 0 Å². The highest BCUT2D eigenvalue weighted by atomic mass is 35.5. The molecule has 2 heterocycles. The SMILES string of the molecule is Cn1nnnc1NCc1ccc(-c2ccc(Cl)cc2Cl)o1. The zero-order chi connectivity index (χ0) is 14.8. The molecule has 0 saturated carbocycles. The number of halogens is 2. The van der Waals surface area contributed by atoms with Gasteiger partial charge in [-0.25, -0.2) is 4.68 Å². The first-order valence-corrected chi connectivity index (χ1v) is 6.89. The van der Waals surface area contributed by atoms with Gasteiger partial charge in [0.15, 0.2) is 0 Å². The van der Waals surface area contributed by atoms with Gasteiger partial charge in [0.1, 0.15) is 11.5 Å². The minimum absolute atomic E-state index is 0.472. The van der Waals surface area contributed by atoms with Gasteiger partial charge in [-0.05, 0) is 40.8 Å². The number of anilines is 1. The number of rotatable bonds is 4. The topological polar surface area (TPSA) is 68.8 Å². The van der Waals surface area contributed by atoms with E-state index in [1.165, 1.54) is 0 Å². The van der Waals surface area contributed by atoms with Gasteiger partial charge in [-0.1, -0.05) is 28.3 Å². The van der Waals surface area contributed by atoms with E-state index in [-0.39, 0.29) is 0 Å². The molecule has 1 N–H and O–H groups in total. The fraction of sp³-hybridized carbons (Fsp3) is 0.154. The summed E-state index contributed by atoms with van der Waals surface area (Å²) >= 11 is 12.0. The van der Waals surface area contributed by atoms with E-state index < -0.39 is 0 Å². The summed E-state index contributed by atoms with van der Waals surface area (Å²) in [5.41, 5.74) is 0.799.